The highest BCUT2D eigenvalue weighted by Gasteiger charge is 2.23. The minimum atomic E-state index is -0.247. The maximum atomic E-state index is 13.5. The van der Waals surface area contributed by atoms with Crippen LogP contribution in [-0.2, 0) is 25.9 Å². The summed E-state index contributed by atoms with van der Waals surface area (Å²) in [5.41, 5.74) is 5.85. The molecule has 0 saturated carbocycles. The van der Waals surface area contributed by atoms with Gasteiger partial charge in [0.2, 0.25) is 0 Å². The standard InChI is InChI=1S/C25H25FN4O/c1-2-5-23-27-22-12-13-30(15-20(22)25(31)29-23)14-19-18-6-3-4-7-21(18)28-24(19)16-8-10-17(26)11-9-16/h3-4,6-11,28H,2,5,12-15H2,1H3,(H,27,29,31). The van der Waals surface area contributed by atoms with Gasteiger partial charge >= 0.3 is 0 Å². The van der Waals surface area contributed by atoms with E-state index in [-0.39, 0.29) is 11.4 Å². The lowest BCUT2D eigenvalue weighted by molar-refractivity contribution is 0.242. The molecule has 1 aliphatic heterocycles. The summed E-state index contributed by atoms with van der Waals surface area (Å²) >= 11 is 0. The largest absolute Gasteiger partial charge is 0.354 e. The summed E-state index contributed by atoms with van der Waals surface area (Å²) in [6.45, 7) is 4.21. The van der Waals surface area contributed by atoms with Gasteiger partial charge in [0.25, 0.3) is 5.56 Å². The van der Waals surface area contributed by atoms with Crippen molar-refractivity contribution in [3.05, 3.63) is 87.3 Å². The van der Waals surface area contributed by atoms with Crippen LogP contribution in [0.15, 0.2) is 53.3 Å². The second kappa shape index (κ2) is 8.12. The molecule has 0 atom stereocenters. The first-order valence-corrected chi connectivity index (χ1v) is 10.8. The van der Waals surface area contributed by atoms with Gasteiger partial charge in [0, 0.05) is 43.4 Å². The Labute approximate surface area is 180 Å². The molecule has 1 aliphatic rings. The lowest BCUT2D eigenvalue weighted by Crippen LogP contribution is -2.35. The number of hydrogen-bond acceptors (Lipinski definition) is 3. The van der Waals surface area contributed by atoms with Gasteiger partial charge in [0.1, 0.15) is 11.6 Å². The summed E-state index contributed by atoms with van der Waals surface area (Å²) in [6.07, 6.45) is 2.52. The minimum Gasteiger partial charge on any atom is -0.354 e. The molecule has 31 heavy (non-hydrogen) atoms. The number of aromatic nitrogens is 3. The average molecular weight is 417 g/mol. The molecule has 0 amide bonds. The van der Waals surface area contributed by atoms with E-state index in [0.29, 0.717) is 13.1 Å². The van der Waals surface area contributed by atoms with Gasteiger partial charge in [-0.1, -0.05) is 25.1 Å². The van der Waals surface area contributed by atoms with E-state index in [1.807, 2.05) is 12.1 Å². The fourth-order valence-corrected chi connectivity index (χ4v) is 4.47. The van der Waals surface area contributed by atoms with Crippen molar-refractivity contribution in [1.29, 1.82) is 0 Å². The molecular weight excluding hydrogens is 391 g/mol. The maximum Gasteiger partial charge on any atom is 0.255 e. The number of para-hydroxylation sites is 1. The molecule has 0 aliphatic carbocycles. The number of nitrogens with one attached hydrogen (secondary N) is 2. The number of aryl methyl sites for hydroxylation is 1. The molecule has 3 heterocycles. The molecule has 4 aromatic rings. The number of nitrogens with zero attached hydrogens (tertiary/aromatic N) is 2. The van der Waals surface area contributed by atoms with Gasteiger partial charge in [-0.05, 0) is 47.9 Å². The number of halogens is 1. The zero-order valence-corrected chi connectivity index (χ0v) is 17.5. The third kappa shape index (κ3) is 3.79. The summed E-state index contributed by atoms with van der Waals surface area (Å²) in [6, 6.07) is 14.8. The highest BCUT2D eigenvalue weighted by atomic mass is 19.1. The van der Waals surface area contributed by atoms with Crippen LogP contribution in [0.4, 0.5) is 4.39 Å². The Morgan fingerprint density at radius 2 is 1.90 bits per heavy atom. The van der Waals surface area contributed by atoms with Crippen LogP contribution in [0.25, 0.3) is 22.2 Å². The SMILES string of the molecule is CCCc1nc2c(c(=O)[nH]1)CN(Cc1c(-c3ccc(F)cc3)[nH]c3ccccc13)CC2. The Morgan fingerprint density at radius 1 is 1.10 bits per heavy atom. The van der Waals surface area contributed by atoms with E-state index in [1.54, 1.807) is 12.1 Å². The van der Waals surface area contributed by atoms with Crippen molar-refractivity contribution in [2.75, 3.05) is 6.54 Å². The zero-order valence-electron chi connectivity index (χ0n) is 17.5. The lowest BCUT2D eigenvalue weighted by Gasteiger charge is -2.28. The van der Waals surface area contributed by atoms with Crippen LogP contribution in [0.3, 0.4) is 0 Å². The Balaban J connectivity index is 1.49. The topological polar surface area (TPSA) is 64.8 Å². The molecule has 0 radical (unpaired) electrons. The van der Waals surface area contributed by atoms with Gasteiger partial charge in [-0.3, -0.25) is 9.69 Å². The molecule has 0 unspecified atom stereocenters. The molecule has 0 saturated heterocycles. The maximum absolute atomic E-state index is 13.5. The van der Waals surface area contributed by atoms with Gasteiger partial charge in [0.05, 0.1) is 17.0 Å². The molecule has 5 rings (SSSR count). The van der Waals surface area contributed by atoms with Crippen LogP contribution in [0, 0.1) is 5.82 Å². The van der Waals surface area contributed by atoms with Crippen molar-refractivity contribution in [3.63, 3.8) is 0 Å². The first-order chi connectivity index (χ1) is 15.1. The van der Waals surface area contributed by atoms with Gasteiger partial charge in [-0.25, -0.2) is 9.37 Å². The second-order valence-electron chi connectivity index (χ2n) is 8.18. The lowest BCUT2D eigenvalue weighted by atomic mass is 10.0. The summed E-state index contributed by atoms with van der Waals surface area (Å²) in [4.78, 5) is 26.1. The van der Waals surface area contributed by atoms with E-state index < -0.39 is 0 Å². The van der Waals surface area contributed by atoms with Gasteiger partial charge < -0.3 is 9.97 Å². The zero-order chi connectivity index (χ0) is 21.4. The third-order valence-corrected chi connectivity index (χ3v) is 6.01. The predicted molar refractivity (Wildman–Crippen MR) is 120 cm³/mol. The fraction of sp³-hybridized carbons (Fsp3) is 0.280. The molecule has 6 heteroatoms. The van der Waals surface area contributed by atoms with Gasteiger partial charge in [0.15, 0.2) is 0 Å². The molecule has 158 valence electrons. The van der Waals surface area contributed by atoms with Crippen LogP contribution in [0.5, 0.6) is 0 Å². The first-order valence-electron chi connectivity index (χ1n) is 10.8. The van der Waals surface area contributed by atoms with Crippen LogP contribution < -0.4 is 5.56 Å². The highest BCUT2D eigenvalue weighted by molar-refractivity contribution is 5.90. The smallest absolute Gasteiger partial charge is 0.255 e. The number of benzene rings is 2. The summed E-state index contributed by atoms with van der Waals surface area (Å²) in [5.74, 6) is 0.540. The number of fused-ring (bicyclic) bond motifs is 2. The first kappa shape index (κ1) is 19.7. The van der Waals surface area contributed by atoms with Crippen LogP contribution in [-0.4, -0.2) is 26.4 Å². The number of aromatic amines is 2. The van der Waals surface area contributed by atoms with E-state index >= 15 is 0 Å². The van der Waals surface area contributed by atoms with Crippen molar-refractivity contribution < 1.29 is 4.39 Å². The minimum absolute atomic E-state index is 0.0177. The number of rotatable bonds is 5. The van der Waals surface area contributed by atoms with E-state index in [2.05, 4.69) is 33.9 Å². The van der Waals surface area contributed by atoms with Gasteiger partial charge in [-0.15, -0.1) is 0 Å². The number of hydrogen-bond donors (Lipinski definition) is 2. The summed E-state index contributed by atoms with van der Waals surface area (Å²) < 4.78 is 13.5. The quantitative estimate of drug-likeness (QED) is 0.501. The van der Waals surface area contributed by atoms with Crippen molar-refractivity contribution in [3.8, 4) is 11.3 Å². The van der Waals surface area contributed by atoms with Crippen molar-refractivity contribution in [1.82, 2.24) is 19.9 Å². The molecule has 2 N–H and O–H groups in total. The molecule has 2 aromatic heterocycles. The molecular formula is C25H25FN4O. The molecule has 0 fully saturated rings. The van der Waals surface area contributed by atoms with Crippen molar-refractivity contribution in [2.45, 2.75) is 39.3 Å². The van der Waals surface area contributed by atoms with Crippen LogP contribution in [0.2, 0.25) is 0 Å². The van der Waals surface area contributed by atoms with E-state index in [9.17, 15) is 9.18 Å². The Hall–Kier alpha value is -3.25. The van der Waals surface area contributed by atoms with Crippen LogP contribution >= 0.6 is 0 Å². The van der Waals surface area contributed by atoms with Crippen LogP contribution in [0.1, 0.15) is 36.0 Å². The molecule has 0 bridgehead atoms. The average Bonchev–Trinajstić information content (AvgIpc) is 3.13. The Kier molecular flexibility index (Phi) is 5.16. The Bertz CT molecular complexity index is 1290. The second-order valence-corrected chi connectivity index (χ2v) is 8.18. The fourth-order valence-electron chi connectivity index (χ4n) is 4.47. The molecule has 5 nitrogen and oxygen atoms in total. The van der Waals surface area contributed by atoms with E-state index in [4.69, 9.17) is 4.98 Å². The Morgan fingerprint density at radius 3 is 2.71 bits per heavy atom. The van der Waals surface area contributed by atoms with E-state index in [1.165, 1.54) is 12.1 Å². The highest BCUT2D eigenvalue weighted by Crippen LogP contribution is 2.32. The van der Waals surface area contributed by atoms with E-state index in [0.717, 1.165) is 70.6 Å². The van der Waals surface area contributed by atoms with Crippen molar-refractivity contribution >= 4 is 10.9 Å². The van der Waals surface area contributed by atoms with Gasteiger partial charge in [-0.2, -0.15) is 0 Å². The molecule has 2 aromatic carbocycles. The van der Waals surface area contributed by atoms with Crippen molar-refractivity contribution in [2.24, 2.45) is 0 Å². The third-order valence-electron chi connectivity index (χ3n) is 6.01. The number of H-pyrrole nitrogens is 2. The predicted octanol–water partition coefficient (Wildman–Crippen LogP) is 4.57. The monoisotopic (exact) mass is 416 g/mol. The molecule has 0 spiro atoms. The normalized spacial score (nSPS) is 14.1. The summed E-state index contributed by atoms with van der Waals surface area (Å²) in [7, 11) is 0. The summed E-state index contributed by atoms with van der Waals surface area (Å²) in [5, 5.41) is 1.15.